The molecular weight excluding hydrogens is 294 g/mol. The van der Waals surface area contributed by atoms with Crippen molar-refractivity contribution >= 4 is 5.97 Å². The Labute approximate surface area is 134 Å². The molecule has 0 saturated heterocycles. The highest BCUT2D eigenvalue weighted by molar-refractivity contribution is 5.95. The number of carbonyl (C=O) groups is 1. The minimum absolute atomic E-state index is 0.0105. The fourth-order valence-electron chi connectivity index (χ4n) is 3.17. The van der Waals surface area contributed by atoms with Gasteiger partial charge >= 0.3 is 5.97 Å². The Morgan fingerprint density at radius 2 is 2.00 bits per heavy atom. The molecule has 0 unspecified atom stereocenters. The fourth-order valence-corrected chi connectivity index (χ4v) is 3.17. The Kier molecular flexibility index (Phi) is 4.21. The lowest BCUT2D eigenvalue weighted by Crippen LogP contribution is -2.20. The van der Waals surface area contributed by atoms with Crippen molar-refractivity contribution in [3.8, 4) is 11.5 Å². The third kappa shape index (κ3) is 2.75. The molecule has 0 bridgehead atoms. The molecular formula is C18H19NO4. The first-order valence-electron chi connectivity index (χ1n) is 7.55. The average molecular weight is 313 g/mol. The largest absolute Gasteiger partial charge is 0.504 e. The van der Waals surface area contributed by atoms with Crippen molar-refractivity contribution < 1.29 is 19.7 Å². The van der Waals surface area contributed by atoms with Crippen LogP contribution in [0.15, 0.2) is 36.4 Å². The normalized spacial score (nSPS) is 17.2. The zero-order valence-corrected chi connectivity index (χ0v) is 12.9. The molecule has 2 aromatic carbocycles. The molecule has 0 aromatic heterocycles. The third-order valence-corrected chi connectivity index (χ3v) is 4.29. The molecule has 3 N–H and O–H groups in total. The number of esters is 1. The molecule has 5 heteroatoms. The number of aromatic hydroxyl groups is 2. The number of nitrogens with one attached hydrogen (secondary N) is 1. The number of hydrogen-bond acceptors (Lipinski definition) is 5. The first-order valence-corrected chi connectivity index (χ1v) is 7.55. The number of benzene rings is 2. The van der Waals surface area contributed by atoms with Gasteiger partial charge in [-0.3, -0.25) is 0 Å². The van der Waals surface area contributed by atoms with E-state index < -0.39 is 11.7 Å². The fraction of sp³-hybridized carbons (Fsp3) is 0.278. The molecule has 0 fully saturated rings. The summed E-state index contributed by atoms with van der Waals surface area (Å²) in [5.41, 5.74) is 2.72. The van der Waals surface area contributed by atoms with E-state index in [9.17, 15) is 15.0 Å². The van der Waals surface area contributed by atoms with E-state index in [2.05, 4.69) is 5.32 Å². The van der Waals surface area contributed by atoms with Gasteiger partial charge in [0.05, 0.1) is 7.11 Å². The van der Waals surface area contributed by atoms with E-state index in [0.717, 1.165) is 16.7 Å². The van der Waals surface area contributed by atoms with E-state index in [0.29, 0.717) is 19.5 Å². The van der Waals surface area contributed by atoms with Crippen molar-refractivity contribution in [2.75, 3.05) is 20.2 Å². The van der Waals surface area contributed by atoms with Crippen LogP contribution >= 0.6 is 0 Å². The summed E-state index contributed by atoms with van der Waals surface area (Å²) in [6.07, 6.45) is 0.580. The van der Waals surface area contributed by atoms with Crippen LogP contribution in [0.3, 0.4) is 0 Å². The second-order valence-corrected chi connectivity index (χ2v) is 5.60. The van der Waals surface area contributed by atoms with Crippen LogP contribution in [0, 0.1) is 0 Å². The molecule has 1 aliphatic heterocycles. The first-order chi connectivity index (χ1) is 11.1. The topological polar surface area (TPSA) is 78.8 Å². The second kappa shape index (κ2) is 6.30. The highest BCUT2D eigenvalue weighted by atomic mass is 16.5. The van der Waals surface area contributed by atoms with Crippen LogP contribution in [0.4, 0.5) is 0 Å². The van der Waals surface area contributed by atoms with Gasteiger partial charge in [0.25, 0.3) is 0 Å². The number of phenolic OH excluding ortho intramolecular Hbond substituents is 2. The summed E-state index contributed by atoms with van der Waals surface area (Å²) >= 11 is 0. The Balaban J connectivity index is 2.22. The maximum atomic E-state index is 12.1. The predicted octanol–water partition coefficient (Wildman–Crippen LogP) is 2.16. The molecule has 2 aromatic rings. The van der Waals surface area contributed by atoms with Crippen molar-refractivity contribution in [2.24, 2.45) is 0 Å². The molecule has 1 heterocycles. The minimum atomic E-state index is -0.636. The van der Waals surface area contributed by atoms with Crippen LogP contribution in [0.1, 0.15) is 33.0 Å². The Bertz CT molecular complexity index is 728. The van der Waals surface area contributed by atoms with Crippen LogP contribution in [0.5, 0.6) is 11.5 Å². The van der Waals surface area contributed by atoms with Crippen LogP contribution in [0.25, 0.3) is 0 Å². The van der Waals surface area contributed by atoms with Crippen molar-refractivity contribution in [1.29, 1.82) is 0 Å². The number of carbonyl (C=O) groups excluding carboxylic acids is 1. The molecule has 0 amide bonds. The van der Waals surface area contributed by atoms with E-state index in [1.165, 1.54) is 7.11 Å². The van der Waals surface area contributed by atoms with Crippen LogP contribution in [-0.4, -0.2) is 36.4 Å². The molecule has 5 nitrogen and oxygen atoms in total. The summed E-state index contributed by atoms with van der Waals surface area (Å²) < 4.78 is 4.79. The zero-order chi connectivity index (χ0) is 16.4. The summed E-state index contributed by atoms with van der Waals surface area (Å²) in [6, 6.07) is 11.5. The standard InChI is InChI=1S/C18H19NO4/c1-23-18(22)16-12-7-8-19-10-14(11-5-3-2-4-6-11)13(12)9-15(20)17(16)21/h2-6,9,14,19-21H,7-8,10H2,1H3/t14-/m0/s1. The molecule has 0 radical (unpaired) electrons. The lowest BCUT2D eigenvalue weighted by molar-refractivity contribution is 0.0595. The van der Waals surface area contributed by atoms with E-state index in [4.69, 9.17) is 4.74 Å². The number of ether oxygens (including phenoxy) is 1. The zero-order valence-electron chi connectivity index (χ0n) is 12.9. The van der Waals surface area contributed by atoms with Gasteiger partial charge in [0.15, 0.2) is 11.5 Å². The van der Waals surface area contributed by atoms with Gasteiger partial charge in [0, 0.05) is 12.5 Å². The molecule has 0 saturated carbocycles. The Hall–Kier alpha value is -2.53. The Morgan fingerprint density at radius 3 is 2.70 bits per heavy atom. The SMILES string of the molecule is COC(=O)c1c(O)c(O)cc2c1CCNC[C@H]2c1ccccc1. The van der Waals surface area contributed by atoms with Crippen molar-refractivity contribution in [1.82, 2.24) is 5.32 Å². The number of methoxy groups -OCH3 is 1. The van der Waals surface area contributed by atoms with Crippen molar-refractivity contribution in [3.05, 3.63) is 58.7 Å². The van der Waals surface area contributed by atoms with E-state index >= 15 is 0 Å². The summed E-state index contributed by atoms with van der Waals surface area (Å²) in [4.78, 5) is 12.1. The van der Waals surface area contributed by atoms with Gasteiger partial charge in [-0.05, 0) is 35.7 Å². The summed E-state index contributed by atoms with van der Waals surface area (Å²) in [7, 11) is 1.27. The van der Waals surface area contributed by atoms with Gasteiger partial charge in [-0.2, -0.15) is 0 Å². The lowest BCUT2D eigenvalue weighted by Gasteiger charge is -2.21. The van der Waals surface area contributed by atoms with E-state index in [1.807, 2.05) is 30.3 Å². The highest BCUT2D eigenvalue weighted by Crippen LogP contribution is 2.40. The van der Waals surface area contributed by atoms with Gasteiger partial charge in [0.1, 0.15) is 5.56 Å². The first kappa shape index (κ1) is 15.4. The summed E-state index contributed by atoms with van der Waals surface area (Å²) in [5, 5.41) is 23.6. The lowest BCUT2D eigenvalue weighted by atomic mass is 9.85. The number of phenols is 2. The van der Waals surface area contributed by atoms with Gasteiger partial charge in [-0.1, -0.05) is 30.3 Å². The molecule has 0 aliphatic carbocycles. The van der Waals surface area contributed by atoms with Crippen molar-refractivity contribution in [3.63, 3.8) is 0 Å². The average Bonchev–Trinajstić information content (AvgIpc) is 2.78. The number of rotatable bonds is 2. The molecule has 3 rings (SSSR count). The van der Waals surface area contributed by atoms with Crippen LogP contribution in [0.2, 0.25) is 0 Å². The number of hydrogen-bond donors (Lipinski definition) is 3. The van der Waals surface area contributed by atoms with Gasteiger partial charge in [-0.15, -0.1) is 0 Å². The van der Waals surface area contributed by atoms with E-state index in [-0.39, 0.29) is 17.2 Å². The molecule has 120 valence electrons. The van der Waals surface area contributed by atoms with Gasteiger partial charge < -0.3 is 20.3 Å². The number of fused-ring (bicyclic) bond motifs is 1. The second-order valence-electron chi connectivity index (χ2n) is 5.60. The van der Waals surface area contributed by atoms with Crippen molar-refractivity contribution in [2.45, 2.75) is 12.3 Å². The molecule has 1 atom stereocenters. The third-order valence-electron chi connectivity index (χ3n) is 4.29. The maximum Gasteiger partial charge on any atom is 0.342 e. The monoisotopic (exact) mass is 313 g/mol. The quantitative estimate of drug-likeness (QED) is 0.585. The van der Waals surface area contributed by atoms with Crippen LogP contribution in [-0.2, 0) is 11.2 Å². The van der Waals surface area contributed by atoms with Gasteiger partial charge in [0.2, 0.25) is 0 Å². The molecule has 23 heavy (non-hydrogen) atoms. The molecule has 1 aliphatic rings. The smallest absolute Gasteiger partial charge is 0.342 e. The highest BCUT2D eigenvalue weighted by Gasteiger charge is 2.29. The maximum absolute atomic E-state index is 12.1. The van der Waals surface area contributed by atoms with E-state index in [1.54, 1.807) is 6.07 Å². The predicted molar refractivity (Wildman–Crippen MR) is 86.0 cm³/mol. The summed E-state index contributed by atoms with van der Waals surface area (Å²) in [5.74, 6) is -1.36. The Morgan fingerprint density at radius 1 is 1.26 bits per heavy atom. The molecule has 0 spiro atoms. The minimum Gasteiger partial charge on any atom is -0.504 e. The van der Waals surface area contributed by atoms with Gasteiger partial charge in [-0.25, -0.2) is 4.79 Å². The van der Waals surface area contributed by atoms with Crippen LogP contribution < -0.4 is 5.32 Å². The summed E-state index contributed by atoms with van der Waals surface area (Å²) in [6.45, 7) is 1.38.